The average Bonchev–Trinajstić information content (AvgIpc) is 2.17. The normalized spacial score (nSPS) is 20.7. The molecule has 1 fully saturated rings. The van der Waals surface area contributed by atoms with E-state index in [2.05, 4.69) is 16.3 Å². The van der Waals surface area contributed by atoms with Crippen LogP contribution in [0.25, 0.3) is 0 Å². The molecule has 1 rings (SSSR count). The average molecular weight is 237 g/mol. The van der Waals surface area contributed by atoms with Crippen LogP contribution in [-0.2, 0) is 9.09 Å². The SMILES string of the molecule is CCC1CCN(CCOP(=O)(O)O)CC1. The Morgan fingerprint density at radius 3 is 2.47 bits per heavy atom. The van der Waals surface area contributed by atoms with E-state index in [1.54, 1.807) is 0 Å². The smallest absolute Gasteiger partial charge is 0.303 e. The van der Waals surface area contributed by atoms with E-state index in [1.165, 1.54) is 19.3 Å². The van der Waals surface area contributed by atoms with Crippen LogP contribution in [-0.4, -0.2) is 40.9 Å². The van der Waals surface area contributed by atoms with Crippen molar-refractivity contribution in [3.8, 4) is 0 Å². The monoisotopic (exact) mass is 237 g/mol. The summed E-state index contributed by atoms with van der Waals surface area (Å²) in [6, 6.07) is 0. The molecule has 15 heavy (non-hydrogen) atoms. The third-order valence-electron chi connectivity index (χ3n) is 2.95. The molecule has 2 N–H and O–H groups in total. The number of piperidine rings is 1. The maximum atomic E-state index is 10.4. The third-order valence-corrected chi connectivity index (χ3v) is 3.47. The predicted octanol–water partition coefficient (Wildman–Crippen LogP) is 1.22. The molecule has 0 bridgehead atoms. The highest BCUT2D eigenvalue weighted by atomic mass is 31.2. The summed E-state index contributed by atoms with van der Waals surface area (Å²) in [5.41, 5.74) is 0. The van der Waals surface area contributed by atoms with Gasteiger partial charge >= 0.3 is 7.82 Å². The molecule has 0 aromatic rings. The highest BCUT2D eigenvalue weighted by molar-refractivity contribution is 7.46. The standard InChI is InChI=1S/C9H20NO4P/c1-2-9-3-5-10(6-4-9)7-8-14-15(11,12)13/h9H,2-8H2,1H3,(H2,11,12,13). The third kappa shape index (κ3) is 5.64. The number of nitrogens with zero attached hydrogens (tertiary/aromatic N) is 1. The van der Waals surface area contributed by atoms with E-state index in [9.17, 15) is 4.57 Å². The van der Waals surface area contributed by atoms with Crippen molar-refractivity contribution in [1.29, 1.82) is 0 Å². The Labute approximate surface area is 90.7 Å². The number of rotatable bonds is 5. The summed E-state index contributed by atoms with van der Waals surface area (Å²) in [4.78, 5) is 19.2. The van der Waals surface area contributed by atoms with Gasteiger partial charge in [-0.15, -0.1) is 0 Å². The molecule has 0 atom stereocenters. The maximum absolute atomic E-state index is 10.4. The molecule has 5 nitrogen and oxygen atoms in total. The van der Waals surface area contributed by atoms with E-state index >= 15 is 0 Å². The molecule has 6 heteroatoms. The first-order chi connectivity index (χ1) is 7.01. The molecule has 0 amide bonds. The molecule has 0 radical (unpaired) electrons. The summed E-state index contributed by atoms with van der Waals surface area (Å²) >= 11 is 0. The van der Waals surface area contributed by atoms with Crippen LogP contribution < -0.4 is 0 Å². The second-order valence-electron chi connectivity index (χ2n) is 4.02. The zero-order valence-electron chi connectivity index (χ0n) is 9.13. The maximum Gasteiger partial charge on any atom is 0.469 e. The second-order valence-corrected chi connectivity index (χ2v) is 5.26. The minimum atomic E-state index is -4.28. The fourth-order valence-electron chi connectivity index (χ4n) is 1.91. The Morgan fingerprint density at radius 1 is 1.40 bits per heavy atom. The molecule has 0 spiro atoms. The van der Waals surface area contributed by atoms with Crippen LogP contribution in [0.1, 0.15) is 26.2 Å². The van der Waals surface area contributed by atoms with Gasteiger partial charge in [0.25, 0.3) is 0 Å². The van der Waals surface area contributed by atoms with Crippen LogP contribution >= 0.6 is 7.82 Å². The quantitative estimate of drug-likeness (QED) is 0.703. The van der Waals surface area contributed by atoms with Gasteiger partial charge in [-0.2, -0.15) is 0 Å². The topological polar surface area (TPSA) is 70.0 Å². The van der Waals surface area contributed by atoms with E-state index in [1.807, 2.05) is 0 Å². The minimum Gasteiger partial charge on any atom is -0.303 e. The number of phosphoric acid groups is 1. The van der Waals surface area contributed by atoms with E-state index in [-0.39, 0.29) is 6.61 Å². The summed E-state index contributed by atoms with van der Waals surface area (Å²) in [6.07, 6.45) is 3.60. The van der Waals surface area contributed by atoms with E-state index in [0.717, 1.165) is 19.0 Å². The highest BCUT2D eigenvalue weighted by Crippen LogP contribution is 2.35. The first kappa shape index (κ1) is 13.1. The van der Waals surface area contributed by atoms with Gasteiger partial charge in [0.05, 0.1) is 6.61 Å². The van der Waals surface area contributed by atoms with E-state index in [0.29, 0.717) is 6.54 Å². The van der Waals surface area contributed by atoms with Crippen molar-refractivity contribution < 1.29 is 18.9 Å². The van der Waals surface area contributed by atoms with Crippen molar-refractivity contribution in [2.24, 2.45) is 5.92 Å². The highest BCUT2D eigenvalue weighted by Gasteiger charge is 2.19. The number of phosphoric ester groups is 1. The lowest BCUT2D eigenvalue weighted by molar-refractivity contribution is 0.132. The number of hydrogen-bond donors (Lipinski definition) is 2. The van der Waals surface area contributed by atoms with Crippen molar-refractivity contribution in [1.82, 2.24) is 4.90 Å². The Hall–Kier alpha value is 0.0700. The lowest BCUT2D eigenvalue weighted by Crippen LogP contribution is -2.35. The Morgan fingerprint density at radius 2 is 2.00 bits per heavy atom. The van der Waals surface area contributed by atoms with Crippen LogP contribution in [0.2, 0.25) is 0 Å². The van der Waals surface area contributed by atoms with Gasteiger partial charge < -0.3 is 14.7 Å². The molecule has 1 heterocycles. The minimum absolute atomic E-state index is 0.112. The molecule has 0 aliphatic carbocycles. The lowest BCUT2D eigenvalue weighted by Gasteiger charge is -2.31. The number of hydrogen-bond acceptors (Lipinski definition) is 3. The van der Waals surface area contributed by atoms with Crippen molar-refractivity contribution in [2.45, 2.75) is 26.2 Å². The van der Waals surface area contributed by atoms with Crippen molar-refractivity contribution in [3.63, 3.8) is 0 Å². The molecule has 0 saturated carbocycles. The molecule has 90 valence electrons. The molecule has 1 aliphatic heterocycles. The fraction of sp³-hybridized carbons (Fsp3) is 1.00. The van der Waals surface area contributed by atoms with Crippen molar-refractivity contribution in [2.75, 3.05) is 26.2 Å². The molecule has 1 aliphatic rings. The zero-order chi connectivity index (χ0) is 11.3. The van der Waals surface area contributed by atoms with Gasteiger partial charge in [-0.25, -0.2) is 4.57 Å². The number of likely N-dealkylation sites (tertiary alicyclic amines) is 1. The molecule has 0 aromatic carbocycles. The molecular formula is C9H20NO4P. The zero-order valence-corrected chi connectivity index (χ0v) is 10.0. The first-order valence-corrected chi connectivity index (χ1v) is 6.96. The van der Waals surface area contributed by atoms with Gasteiger partial charge in [-0.3, -0.25) is 4.52 Å². The second kappa shape index (κ2) is 5.97. The summed E-state index contributed by atoms with van der Waals surface area (Å²) < 4.78 is 14.8. The Kier molecular flexibility index (Phi) is 5.23. The fourth-order valence-corrected chi connectivity index (χ4v) is 2.23. The van der Waals surface area contributed by atoms with Gasteiger partial charge in [0, 0.05) is 6.54 Å². The largest absolute Gasteiger partial charge is 0.469 e. The van der Waals surface area contributed by atoms with Gasteiger partial charge in [-0.1, -0.05) is 13.3 Å². The lowest BCUT2D eigenvalue weighted by atomic mass is 9.94. The van der Waals surface area contributed by atoms with Crippen LogP contribution in [0.15, 0.2) is 0 Å². The molecular weight excluding hydrogens is 217 g/mol. The van der Waals surface area contributed by atoms with Crippen molar-refractivity contribution in [3.05, 3.63) is 0 Å². The van der Waals surface area contributed by atoms with Gasteiger partial charge in [0.2, 0.25) is 0 Å². The molecule has 0 unspecified atom stereocenters. The first-order valence-electron chi connectivity index (χ1n) is 5.43. The molecule has 1 saturated heterocycles. The van der Waals surface area contributed by atoms with Crippen LogP contribution in [0.4, 0.5) is 0 Å². The van der Waals surface area contributed by atoms with Crippen LogP contribution in [0, 0.1) is 5.92 Å². The summed E-state index contributed by atoms with van der Waals surface area (Å²) in [5.74, 6) is 0.823. The van der Waals surface area contributed by atoms with Crippen molar-refractivity contribution >= 4 is 7.82 Å². The summed E-state index contributed by atoms with van der Waals surface area (Å²) in [7, 11) is -4.28. The van der Waals surface area contributed by atoms with E-state index in [4.69, 9.17) is 9.79 Å². The Balaban J connectivity index is 2.11. The van der Waals surface area contributed by atoms with Gasteiger partial charge in [0.15, 0.2) is 0 Å². The van der Waals surface area contributed by atoms with Gasteiger partial charge in [-0.05, 0) is 31.8 Å². The predicted molar refractivity (Wildman–Crippen MR) is 57.5 cm³/mol. The van der Waals surface area contributed by atoms with Crippen LogP contribution in [0.3, 0.4) is 0 Å². The molecule has 0 aromatic heterocycles. The van der Waals surface area contributed by atoms with E-state index < -0.39 is 7.82 Å². The van der Waals surface area contributed by atoms with Crippen LogP contribution in [0.5, 0.6) is 0 Å². The summed E-state index contributed by atoms with van der Waals surface area (Å²) in [6.45, 7) is 4.96. The Bertz CT molecular complexity index is 222. The van der Waals surface area contributed by atoms with Gasteiger partial charge in [0.1, 0.15) is 0 Å². The summed E-state index contributed by atoms with van der Waals surface area (Å²) in [5, 5.41) is 0.